The first kappa shape index (κ1) is 29.1. The molecule has 2 amide bonds. The molecule has 0 radical (unpaired) electrons. The molecule has 0 aliphatic heterocycles. The number of amides is 2. The molecule has 1 fully saturated rings. The number of carbonyl (C=O) groups is 4. The van der Waals surface area contributed by atoms with Gasteiger partial charge in [0, 0.05) is 0 Å². The number of primary amides is 1. The van der Waals surface area contributed by atoms with Gasteiger partial charge in [0.05, 0.1) is 6.42 Å². The summed E-state index contributed by atoms with van der Waals surface area (Å²) in [5.74, 6) is -2.42. The largest absolute Gasteiger partial charge is 0.462 e. The maximum Gasteiger partial charge on any atom is 0.408 e. The molecule has 0 aromatic heterocycles. The van der Waals surface area contributed by atoms with Gasteiger partial charge in [-0.1, -0.05) is 57.5 Å². The zero-order chi connectivity index (χ0) is 27.1. The van der Waals surface area contributed by atoms with Crippen molar-refractivity contribution in [2.75, 3.05) is 0 Å². The SMILES string of the molecule is CC1CCC(C(C)C)C(OC(=O)CC(NC(=O)OCc2ccccc2)(C(N)=O)C(=O)OC(C)(C)C)C1. The van der Waals surface area contributed by atoms with Crippen LogP contribution >= 0.6 is 0 Å². The van der Waals surface area contributed by atoms with Crippen molar-refractivity contribution in [3.05, 3.63) is 35.9 Å². The third-order valence-electron chi connectivity index (χ3n) is 6.35. The van der Waals surface area contributed by atoms with Crippen molar-refractivity contribution in [2.45, 2.75) is 91.1 Å². The van der Waals surface area contributed by atoms with Crippen molar-refractivity contribution >= 4 is 23.9 Å². The third-order valence-corrected chi connectivity index (χ3v) is 6.35. The highest BCUT2D eigenvalue weighted by Crippen LogP contribution is 2.36. The van der Waals surface area contributed by atoms with E-state index in [-0.39, 0.29) is 24.5 Å². The number of esters is 2. The first-order valence-corrected chi connectivity index (χ1v) is 12.4. The minimum absolute atomic E-state index is 0.115. The van der Waals surface area contributed by atoms with Crippen molar-refractivity contribution in [1.82, 2.24) is 5.32 Å². The van der Waals surface area contributed by atoms with Gasteiger partial charge in [0.1, 0.15) is 18.3 Å². The van der Waals surface area contributed by atoms with Gasteiger partial charge in [-0.25, -0.2) is 9.59 Å². The quantitative estimate of drug-likeness (QED) is 0.296. The summed E-state index contributed by atoms with van der Waals surface area (Å²) in [5.41, 5.74) is 2.79. The van der Waals surface area contributed by atoms with Crippen LogP contribution in [0.2, 0.25) is 0 Å². The molecule has 2 rings (SSSR count). The molecular formula is C27H40N2O7. The molecule has 0 heterocycles. The Balaban J connectivity index is 2.25. The number of alkyl carbamates (subject to hydrolysis) is 1. The fourth-order valence-electron chi connectivity index (χ4n) is 4.39. The van der Waals surface area contributed by atoms with Crippen LogP contribution in [0.15, 0.2) is 30.3 Å². The molecule has 9 heteroatoms. The lowest BCUT2D eigenvalue weighted by Crippen LogP contribution is -2.65. The molecule has 1 saturated carbocycles. The standard InChI is InChI=1S/C27H40N2O7/c1-17(2)20-13-12-18(3)14-21(20)35-22(30)15-27(23(28)31,24(32)36-26(4,5)6)29-25(33)34-16-19-10-8-7-9-11-19/h7-11,17-18,20-21H,12-16H2,1-6H3,(H2,28,31)(H,29,33). The number of carbonyl (C=O) groups excluding carboxylic acids is 4. The lowest BCUT2D eigenvalue weighted by molar-refractivity contribution is -0.172. The summed E-state index contributed by atoms with van der Waals surface area (Å²) in [4.78, 5) is 51.6. The summed E-state index contributed by atoms with van der Waals surface area (Å²) in [5, 5.41) is 2.22. The van der Waals surface area contributed by atoms with E-state index in [4.69, 9.17) is 19.9 Å². The third kappa shape index (κ3) is 8.24. The van der Waals surface area contributed by atoms with E-state index in [0.717, 1.165) is 12.8 Å². The van der Waals surface area contributed by atoms with Crippen LogP contribution < -0.4 is 11.1 Å². The smallest absolute Gasteiger partial charge is 0.408 e. The molecule has 1 aromatic carbocycles. The molecule has 9 nitrogen and oxygen atoms in total. The topological polar surface area (TPSA) is 134 Å². The second-order valence-corrected chi connectivity index (χ2v) is 11.0. The molecular weight excluding hydrogens is 464 g/mol. The monoisotopic (exact) mass is 504 g/mol. The van der Waals surface area contributed by atoms with Gasteiger partial charge in [-0.2, -0.15) is 0 Å². The summed E-state index contributed by atoms with van der Waals surface area (Å²) in [6, 6.07) is 8.86. The molecule has 0 bridgehead atoms. The Morgan fingerprint density at radius 3 is 2.28 bits per heavy atom. The van der Waals surface area contributed by atoms with Gasteiger partial charge < -0.3 is 19.9 Å². The highest BCUT2D eigenvalue weighted by molar-refractivity contribution is 6.11. The molecule has 1 aromatic rings. The number of nitrogens with two attached hydrogens (primary N) is 1. The van der Waals surface area contributed by atoms with E-state index in [1.165, 1.54) is 0 Å². The van der Waals surface area contributed by atoms with Gasteiger partial charge in [0.25, 0.3) is 5.91 Å². The Labute approximate surface area is 213 Å². The van der Waals surface area contributed by atoms with Crippen molar-refractivity contribution in [3.63, 3.8) is 0 Å². The summed E-state index contributed by atoms with van der Waals surface area (Å²) < 4.78 is 16.4. The van der Waals surface area contributed by atoms with Crippen molar-refractivity contribution < 1.29 is 33.4 Å². The van der Waals surface area contributed by atoms with Crippen molar-refractivity contribution in [3.8, 4) is 0 Å². The van der Waals surface area contributed by atoms with E-state index in [2.05, 4.69) is 26.1 Å². The Morgan fingerprint density at radius 2 is 1.72 bits per heavy atom. The zero-order valence-corrected chi connectivity index (χ0v) is 22.2. The Kier molecular flexibility index (Phi) is 9.90. The molecule has 200 valence electrons. The number of nitrogens with one attached hydrogen (secondary N) is 1. The predicted octanol–water partition coefficient (Wildman–Crippen LogP) is 3.87. The molecule has 36 heavy (non-hydrogen) atoms. The van der Waals surface area contributed by atoms with Crippen LogP contribution in [0.5, 0.6) is 0 Å². The number of benzene rings is 1. The first-order valence-electron chi connectivity index (χ1n) is 12.4. The van der Waals surface area contributed by atoms with Crippen LogP contribution in [-0.4, -0.2) is 41.2 Å². The number of ether oxygens (including phenoxy) is 3. The van der Waals surface area contributed by atoms with Crippen molar-refractivity contribution in [2.24, 2.45) is 23.5 Å². The van der Waals surface area contributed by atoms with Crippen molar-refractivity contribution in [1.29, 1.82) is 0 Å². The molecule has 3 N–H and O–H groups in total. The number of hydrogen-bond donors (Lipinski definition) is 2. The molecule has 4 atom stereocenters. The van der Waals surface area contributed by atoms with Crippen LogP contribution in [0.3, 0.4) is 0 Å². The van der Waals surface area contributed by atoms with E-state index in [1.807, 2.05) is 6.07 Å². The molecule has 1 aliphatic carbocycles. The van der Waals surface area contributed by atoms with Crippen LogP contribution in [0, 0.1) is 17.8 Å². The van der Waals surface area contributed by atoms with E-state index < -0.39 is 41.5 Å². The average Bonchev–Trinajstić information content (AvgIpc) is 2.76. The van der Waals surface area contributed by atoms with Gasteiger partial charge >= 0.3 is 18.0 Å². The average molecular weight is 505 g/mol. The van der Waals surface area contributed by atoms with Gasteiger partial charge in [0.15, 0.2) is 0 Å². The summed E-state index contributed by atoms with van der Waals surface area (Å²) in [6.07, 6.45) is 0.353. The van der Waals surface area contributed by atoms with Gasteiger partial charge in [-0.15, -0.1) is 0 Å². The van der Waals surface area contributed by atoms with Crippen LogP contribution in [0.4, 0.5) is 4.79 Å². The van der Waals surface area contributed by atoms with E-state index in [9.17, 15) is 19.2 Å². The van der Waals surface area contributed by atoms with Gasteiger partial charge in [-0.3, -0.25) is 14.9 Å². The maximum absolute atomic E-state index is 13.2. The van der Waals surface area contributed by atoms with Crippen LogP contribution in [0.1, 0.15) is 72.8 Å². The summed E-state index contributed by atoms with van der Waals surface area (Å²) >= 11 is 0. The number of hydrogen-bond acceptors (Lipinski definition) is 7. The molecule has 1 aliphatic rings. The molecule has 0 spiro atoms. The molecule has 4 unspecified atom stereocenters. The normalized spacial score (nSPS) is 21.7. The Bertz CT molecular complexity index is 926. The number of rotatable bonds is 9. The predicted molar refractivity (Wildman–Crippen MR) is 133 cm³/mol. The lowest BCUT2D eigenvalue weighted by atomic mass is 9.75. The summed E-state index contributed by atoms with van der Waals surface area (Å²) in [6.45, 7) is 10.9. The summed E-state index contributed by atoms with van der Waals surface area (Å²) in [7, 11) is 0. The Hall–Kier alpha value is -3.10. The van der Waals surface area contributed by atoms with Gasteiger partial charge in [-0.05, 0) is 56.9 Å². The first-order chi connectivity index (χ1) is 16.7. The van der Waals surface area contributed by atoms with Crippen LogP contribution in [-0.2, 0) is 35.2 Å². The van der Waals surface area contributed by atoms with E-state index in [0.29, 0.717) is 17.9 Å². The van der Waals surface area contributed by atoms with E-state index in [1.54, 1.807) is 45.0 Å². The fraction of sp³-hybridized carbons (Fsp3) is 0.630. The second kappa shape index (κ2) is 12.2. The second-order valence-electron chi connectivity index (χ2n) is 11.0. The van der Waals surface area contributed by atoms with E-state index >= 15 is 0 Å². The minimum Gasteiger partial charge on any atom is -0.462 e. The highest BCUT2D eigenvalue weighted by atomic mass is 16.6. The lowest BCUT2D eigenvalue weighted by Gasteiger charge is -2.37. The molecule has 0 saturated heterocycles. The maximum atomic E-state index is 13.2. The minimum atomic E-state index is -2.49. The highest BCUT2D eigenvalue weighted by Gasteiger charge is 2.52. The Morgan fingerprint density at radius 1 is 1.08 bits per heavy atom. The zero-order valence-electron chi connectivity index (χ0n) is 22.2. The fourth-order valence-corrected chi connectivity index (χ4v) is 4.39. The van der Waals surface area contributed by atoms with Gasteiger partial charge in [0.2, 0.25) is 5.54 Å². The van der Waals surface area contributed by atoms with Crippen LogP contribution in [0.25, 0.3) is 0 Å².